The third kappa shape index (κ3) is 38.6. The number of hydrogen-bond donors (Lipinski definition) is 9. The van der Waals surface area contributed by atoms with Crippen LogP contribution in [0.3, 0.4) is 0 Å². The normalized spacial score (nSPS) is 23.6. The molecule has 0 radical (unpaired) electrons. The Bertz CT molecular complexity index is 2880. The third-order valence-electron chi connectivity index (χ3n) is 18.1. The van der Waals surface area contributed by atoms with Crippen molar-refractivity contribution in [2.75, 3.05) is 72.2 Å². The van der Waals surface area contributed by atoms with Crippen LogP contribution in [0.1, 0.15) is 218 Å². The average Bonchev–Trinajstić information content (AvgIpc) is 0.800. The van der Waals surface area contributed by atoms with Gasteiger partial charge in [0.1, 0.15) is 42.2 Å². The molecule has 3 saturated heterocycles. The Morgan fingerprint density at radius 1 is 0.348 bits per heavy atom. The fourth-order valence-corrected chi connectivity index (χ4v) is 13.2. The van der Waals surface area contributed by atoms with E-state index in [-0.39, 0.29) is 128 Å². The zero-order valence-corrected chi connectivity index (χ0v) is 67.4. The van der Waals surface area contributed by atoms with Crippen LogP contribution in [0.5, 0.6) is 0 Å². The topological polar surface area (TPSA) is 492 Å². The van der Waals surface area contributed by atoms with Crippen LogP contribution in [0.2, 0.25) is 0 Å². The molecular weight excluding hydrogens is 1470 g/mol. The number of amides is 8. The number of nitrogens with one attached hydrogen (secondary N) is 8. The van der Waals surface area contributed by atoms with Crippen molar-refractivity contribution in [2.45, 2.75) is 316 Å². The van der Waals surface area contributed by atoms with Gasteiger partial charge in [-0.3, -0.25) is 76.8 Å². The van der Waals surface area contributed by atoms with Crippen molar-refractivity contribution in [1.29, 1.82) is 0 Å². The Balaban J connectivity index is 1.58. The molecule has 37 nitrogen and oxygen atoms in total. The summed E-state index contributed by atoms with van der Waals surface area (Å²) in [5.74, 6) is -7.21. The van der Waals surface area contributed by atoms with Gasteiger partial charge >= 0.3 is 35.8 Å². The quantitative estimate of drug-likeness (QED) is 0.0236. The van der Waals surface area contributed by atoms with E-state index in [1.54, 1.807) is 20.8 Å². The smallest absolute Gasteiger partial charge is 0.303 e. The Morgan fingerprint density at radius 2 is 0.670 bits per heavy atom. The molecule has 16 atom stereocenters. The highest BCUT2D eigenvalue weighted by Crippen LogP contribution is 2.33. The SMILES string of the molecule is CCC1OC(OCCCCCC(=O)NCCCCC(=O)CN(CC(=O)NCCCNC(=O)CCCCCOC2OC(CC)C(OC(C)=O)C(OC(C)=O)C2NC(C)=O)C(CCCCN)C(=O)NCCCNC(=O)CCCOC2OC(CC)C(OC(C)=O)C(OC(C)=O)C2NC(C)=O)C(NC(C)=O)C(OC(C)=O)C1OC(C)=O. The second-order valence-electron chi connectivity index (χ2n) is 27.9. The summed E-state index contributed by atoms with van der Waals surface area (Å²) >= 11 is 0. The third-order valence-corrected chi connectivity index (χ3v) is 18.1. The molecule has 0 aromatic rings. The van der Waals surface area contributed by atoms with Gasteiger partial charge in [0, 0.05) is 134 Å². The first-order valence-electron chi connectivity index (χ1n) is 39.3. The molecule has 0 spiro atoms. The van der Waals surface area contributed by atoms with Gasteiger partial charge in [0.05, 0.1) is 25.7 Å². The minimum Gasteiger partial charge on any atom is -0.456 e. The Morgan fingerprint density at radius 3 is 1.02 bits per heavy atom. The lowest BCUT2D eigenvalue weighted by atomic mass is 9.94. The highest BCUT2D eigenvalue weighted by molar-refractivity contribution is 5.87. The number of ether oxygens (including phenoxy) is 12. The molecule has 0 saturated carbocycles. The summed E-state index contributed by atoms with van der Waals surface area (Å²) in [6.45, 7) is 17.4. The molecule has 3 aliphatic heterocycles. The molecule has 3 aliphatic rings. The van der Waals surface area contributed by atoms with E-state index in [0.717, 1.165) is 0 Å². The molecule has 112 heavy (non-hydrogen) atoms. The number of nitrogens with two attached hydrogens (primary N) is 1. The predicted molar refractivity (Wildman–Crippen MR) is 398 cm³/mol. The zero-order valence-electron chi connectivity index (χ0n) is 67.4. The van der Waals surface area contributed by atoms with Gasteiger partial charge in [-0.1, -0.05) is 40.0 Å². The minimum absolute atomic E-state index is 0.0109. The molecule has 0 bridgehead atoms. The number of rotatable bonds is 54. The van der Waals surface area contributed by atoms with Crippen molar-refractivity contribution in [2.24, 2.45) is 5.73 Å². The standard InChI is InChI=1S/C75H126N10O27/c1-13-56-66(104-48(7)89)69(107-51(10)92)63(82-45(4)86)73(110-56)101-40-24-16-18-31-59(96)77-35-23-21-29-54(95)43-85(44-62(99)80-38-27-36-78-60(97)32-19-17-25-41-102-74-64(83-46(5)87)70(108-52(11)93)67(105-49(8)90)57(14-2)111-74)55(30-20-22-34-76)72(100)81-39-28-37-79-61(98)33-26-42-103-75-65(84-47(6)88)71(109-53(12)94)68(106-50(9)91)58(15-3)112-75/h55-58,63-71,73-75H,13-44,76H2,1-12H3,(H,77,96)(H,78,97)(H,79,98)(H,80,99)(H,81,100)(H,82,86)(H,83,87)(H,84,88). The lowest BCUT2D eigenvalue weighted by molar-refractivity contribution is -0.272. The van der Waals surface area contributed by atoms with Crippen molar-refractivity contribution in [3.8, 4) is 0 Å². The fourth-order valence-electron chi connectivity index (χ4n) is 13.2. The molecule has 10 N–H and O–H groups in total. The summed E-state index contributed by atoms with van der Waals surface area (Å²) in [5.41, 5.74) is 5.88. The van der Waals surface area contributed by atoms with Gasteiger partial charge in [-0.25, -0.2) is 0 Å². The molecule has 0 aliphatic carbocycles. The van der Waals surface area contributed by atoms with Crippen LogP contribution in [-0.2, 0) is 129 Å². The molecule has 3 heterocycles. The zero-order chi connectivity index (χ0) is 83.2. The van der Waals surface area contributed by atoms with Crippen molar-refractivity contribution in [3.05, 3.63) is 0 Å². The van der Waals surface area contributed by atoms with Gasteiger partial charge in [0.25, 0.3) is 0 Å². The van der Waals surface area contributed by atoms with Crippen LogP contribution in [0.15, 0.2) is 0 Å². The maximum Gasteiger partial charge on any atom is 0.303 e. The number of Topliss-reactive ketones (excluding diaryl/α,β-unsaturated/α-hetero) is 1. The summed E-state index contributed by atoms with van der Waals surface area (Å²) in [7, 11) is 0. The molecule has 0 aromatic carbocycles. The summed E-state index contributed by atoms with van der Waals surface area (Å²) in [5, 5.41) is 22.4. The molecular formula is C75H126N10O27. The largest absolute Gasteiger partial charge is 0.456 e. The lowest BCUT2D eigenvalue weighted by Crippen LogP contribution is -2.65. The Labute approximate surface area is 656 Å². The molecule has 16 unspecified atom stereocenters. The van der Waals surface area contributed by atoms with E-state index in [2.05, 4.69) is 42.5 Å². The van der Waals surface area contributed by atoms with E-state index in [4.69, 9.17) is 62.6 Å². The second kappa shape index (κ2) is 54.6. The van der Waals surface area contributed by atoms with Crippen LogP contribution in [-0.4, -0.2) is 264 Å². The second-order valence-corrected chi connectivity index (χ2v) is 27.9. The number of hydrogen-bond acceptors (Lipinski definition) is 29. The van der Waals surface area contributed by atoms with Crippen LogP contribution in [0.25, 0.3) is 0 Å². The maximum absolute atomic E-state index is 14.2. The van der Waals surface area contributed by atoms with Crippen molar-refractivity contribution in [1.82, 2.24) is 47.4 Å². The highest BCUT2D eigenvalue weighted by atomic mass is 16.7. The monoisotopic (exact) mass is 1600 g/mol. The van der Waals surface area contributed by atoms with Crippen molar-refractivity contribution in [3.63, 3.8) is 0 Å². The number of carbonyl (C=O) groups excluding carboxylic acids is 15. The summed E-state index contributed by atoms with van der Waals surface area (Å²) < 4.78 is 69.5. The Kier molecular flexibility index (Phi) is 47.9. The van der Waals surface area contributed by atoms with Crippen molar-refractivity contribution >= 4 is 88.9 Å². The number of esters is 6. The summed E-state index contributed by atoms with van der Waals surface area (Å²) in [6.07, 6.45) is -4.01. The van der Waals surface area contributed by atoms with E-state index in [0.29, 0.717) is 103 Å². The van der Waals surface area contributed by atoms with Crippen LogP contribution in [0.4, 0.5) is 0 Å². The highest BCUT2D eigenvalue weighted by Gasteiger charge is 2.53. The van der Waals surface area contributed by atoms with E-state index < -0.39 is 163 Å². The van der Waals surface area contributed by atoms with Crippen molar-refractivity contribution < 1.29 is 129 Å². The van der Waals surface area contributed by atoms with Gasteiger partial charge in [0.2, 0.25) is 47.3 Å². The number of nitrogens with zero attached hydrogens (tertiary/aromatic N) is 1. The first kappa shape index (κ1) is 98.1. The molecule has 3 rings (SSSR count). The first-order valence-corrected chi connectivity index (χ1v) is 39.3. The van der Waals surface area contributed by atoms with Gasteiger partial charge in [-0.15, -0.1) is 0 Å². The van der Waals surface area contributed by atoms with Gasteiger partial charge in [0.15, 0.2) is 55.5 Å². The summed E-state index contributed by atoms with van der Waals surface area (Å²) in [4.78, 5) is 191. The van der Waals surface area contributed by atoms with Crippen LogP contribution >= 0.6 is 0 Å². The van der Waals surface area contributed by atoms with E-state index in [1.165, 1.54) is 67.2 Å². The molecule has 3 fully saturated rings. The van der Waals surface area contributed by atoms with E-state index in [9.17, 15) is 71.9 Å². The maximum atomic E-state index is 14.2. The average molecular weight is 1600 g/mol. The van der Waals surface area contributed by atoms with Crippen LogP contribution in [0, 0.1) is 0 Å². The lowest BCUT2D eigenvalue weighted by Gasteiger charge is -2.45. The van der Waals surface area contributed by atoms with E-state index in [1.807, 2.05) is 0 Å². The van der Waals surface area contributed by atoms with Crippen LogP contribution < -0.4 is 48.3 Å². The van der Waals surface area contributed by atoms with Gasteiger partial charge in [-0.2, -0.15) is 0 Å². The number of ketones is 1. The fraction of sp³-hybridized carbons (Fsp3) is 0.800. The van der Waals surface area contributed by atoms with E-state index >= 15 is 0 Å². The van der Waals surface area contributed by atoms with Gasteiger partial charge < -0.3 is 105 Å². The first-order chi connectivity index (χ1) is 53.3. The molecule has 37 heteroatoms. The minimum atomic E-state index is -1.14. The molecule has 8 amide bonds. The number of unbranched alkanes of at least 4 members (excludes halogenated alkanes) is 6. The predicted octanol–water partition coefficient (Wildman–Crippen LogP) is 1.35. The molecule has 0 aromatic heterocycles. The van der Waals surface area contributed by atoms with Gasteiger partial charge in [-0.05, 0) is 96.4 Å². The summed E-state index contributed by atoms with van der Waals surface area (Å²) in [6, 6.07) is -3.99. The molecule has 638 valence electrons. The Hall–Kier alpha value is -8.07. The number of carbonyl (C=O) groups is 15.